The summed E-state index contributed by atoms with van der Waals surface area (Å²) in [7, 11) is 1.65. The largest absolute Gasteiger partial charge is 0.378 e. The summed E-state index contributed by atoms with van der Waals surface area (Å²) in [4.78, 5) is 7.49. The van der Waals surface area contributed by atoms with Crippen LogP contribution in [-0.4, -0.2) is 17.1 Å². The number of aromatic amines is 1. The van der Waals surface area contributed by atoms with Crippen LogP contribution in [0.2, 0.25) is 0 Å². The molecule has 0 aliphatic rings. The zero-order chi connectivity index (χ0) is 11.4. The van der Waals surface area contributed by atoms with Gasteiger partial charge in [0.25, 0.3) is 0 Å². The van der Waals surface area contributed by atoms with Crippen LogP contribution in [0, 0.1) is 4.64 Å². The van der Waals surface area contributed by atoms with Crippen molar-refractivity contribution in [3.05, 3.63) is 46.7 Å². The maximum atomic E-state index is 5.11. The Kier molecular flexibility index (Phi) is 3.44. The second-order valence-corrected chi connectivity index (χ2v) is 3.81. The van der Waals surface area contributed by atoms with E-state index in [1.807, 2.05) is 36.4 Å². The molecule has 1 aromatic heterocycles. The van der Waals surface area contributed by atoms with Crippen LogP contribution in [0.3, 0.4) is 0 Å². The Hall–Kier alpha value is -1.52. The molecule has 0 aliphatic carbocycles. The first-order chi connectivity index (χ1) is 7.79. The van der Waals surface area contributed by atoms with Gasteiger partial charge in [0.1, 0.15) is 10.5 Å². The van der Waals surface area contributed by atoms with E-state index in [0.29, 0.717) is 11.2 Å². The van der Waals surface area contributed by atoms with Crippen LogP contribution >= 0.6 is 12.2 Å². The average molecular weight is 232 g/mol. The first-order valence-corrected chi connectivity index (χ1v) is 5.35. The van der Waals surface area contributed by atoms with Gasteiger partial charge < -0.3 is 9.72 Å². The normalized spacial score (nSPS) is 10.3. The Morgan fingerprint density at radius 3 is 2.75 bits per heavy atom. The van der Waals surface area contributed by atoms with Crippen LogP contribution < -0.4 is 0 Å². The Morgan fingerprint density at radius 1 is 1.31 bits per heavy atom. The molecule has 0 saturated carbocycles. The van der Waals surface area contributed by atoms with E-state index < -0.39 is 0 Å². The highest BCUT2D eigenvalue weighted by Crippen LogP contribution is 2.14. The van der Waals surface area contributed by atoms with Gasteiger partial charge in [0.05, 0.1) is 6.61 Å². The molecule has 1 N–H and O–H groups in total. The van der Waals surface area contributed by atoms with E-state index in [2.05, 4.69) is 9.97 Å². The van der Waals surface area contributed by atoms with Gasteiger partial charge in [0, 0.05) is 18.4 Å². The summed E-state index contributed by atoms with van der Waals surface area (Å²) in [6.45, 7) is 0.506. The zero-order valence-electron chi connectivity index (χ0n) is 8.93. The van der Waals surface area contributed by atoms with Gasteiger partial charge in [-0.2, -0.15) is 0 Å². The maximum absolute atomic E-state index is 5.11. The molecule has 0 unspecified atom stereocenters. The van der Waals surface area contributed by atoms with Crippen LogP contribution in [0.4, 0.5) is 0 Å². The predicted molar refractivity (Wildman–Crippen MR) is 65.6 cm³/mol. The molecule has 16 heavy (non-hydrogen) atoms. The van der Waals surface area contributed by atoms with Gasteiger partial charge in [-0.05, 0) is 6.07 Å². The van der Waals surface area contributed by atoms with Gasteiger partial charge in [-0.15, -0.1) is 0 Å². The van der Waals surface area contributed by atoms with Gasteiger partial charge in [-0.3, -0.25) is 0 Å². The van der Waals surface area contributed by atoms with Crippen molar-refractivity contribution >= 4 is 12.2 Å². The first kappa shape index (κ1) is 11.0. The van der Waals surface area contributed by atoms with Crippen molar-refractivity contribution < 1.29 is 4.74 Å². The van der Waals surface area contributed by atoms with E-state index >= 15 is 0 Å². The van der Waals surface area contributed by atoms with Crippen molar-refractivity contribution in [2.75, 3.05) is 7.11 Å². The highest BCUT2D eigenvalue weighted by atomic mass is 32.1. The number of methoxy groups -OCH3 is 1. The number of ether oxygens (including phenoxy) is 1. The van der Waals surface area contributed by atoms with Crippen LogP contribution in [0.25, 0.3) is 11.4 Å². The topological polar surface area (TPSA) is 37.9 Å². The Bertz CT molecular complexity index is 522. The maximum Gasteiger partial charge on any atom is 0.139 e. The van der Waals surface area contributed by atoms with Crippen molar-refractivity contribution in [3.8, 4) is 11.4 Å². The number of nitrogens with zero attached hydrogens (tertiary/aromatic N) is 1. The smallest absolute Gasteiger partial charge is 0.139 e. The molecule has 82 valence electrons. The molecule has 2 aromatic rings. The summed E-state index contributed by atoms with van der Waals surface area (Å²) >= 11 is 5.11. The minimum atomic E-state index is 0.506. The van der Waals surface area contributed by atoms with Crippen molar-refractivity contribution in [3.63, 3.8) is 0 Å². The van der Waals surface area contributed by atoms with Crippen molar-refractivity contribution in [1.29, 1.82) is 0 Å². The molecule has 0 saturated heterocycles. The standard InChI is InChI=1S/C12H12N2OS/c1-15-8-10-7-11(16)14-12(13-10)9-5-3-2-4-6-9/h2-7H,8H2,1H3,(H,13,14,16). The molecule has 0 radical (unpaired) electrons. The number of hydrogen-bond acceptors (Lipinski definition) is 3. The van der Waals surface area contributed by atoms with Gasteiger partial charge in [0.2, 0.25) is 0 Å². The number of benzene rings is 1. The third kappa shape index (κ3) is 2.53. The quantitative estimate of drug-likeness (QED) is 0.827. The molecule has 0 bridgehead atoms. The minimum Gasteiger partial charge on any atom is -0.378 e. The number of rotatable bonds is 3. The van der Waals surface area contributed by atoms with Gasteiger partial charge in [-0.25, -0.2) is 4.98 Å². The van der Waals surface area contributed by atoms with E-state index in [1.165, 1.54) is 0 Å². The predicted octanol–water partition coefficient (Wildman–Crippen LogP) is 2.95. The van der Waals surface area contributed by atoms with Crippen LogP contribution in [0.5, 0.6) is 0 Å². The fourth-order valence-corrected chi connectivity index (χ4v) is 1.71. The molecule has 0 atom stereocenters. The van der Waals surface area contributed by atoms with Crippen molar-refractivity contribution in [2.45, 2.75) is 6.61 Å². The molecule has 0 amide bonds. The second kappa shape index (κ2) is 5.01. The van der Waals surface area contributed by atoms with Gasteiger partial charge in [-0.1, -0.05) is 42.5 Å². The third-order valence-electron chi connectivity index (χ3n) is 2.15. The lowest BCUT2D eigenvalue weighted by atomic mass is 10.2. The summed E-state index contributed by atoms with van der Waals surface area (Å²) in [5, 5.41) is 0. The van der Waals surface area contributed by atoms with Crippen molar-refractivity contribution in [1.82, 2.24) is 9.97 Å². The number of aromatic nitrogens is 2. The van der Waals surface area contributed by atoms with E-state index in [-0.39, 0.29) is 0 Å². The molecule has 0 spiro atoms. The zero-order valence-corrected chi connectivity index (χ0v) is 9.75. The van der Waals surface area contributed by atoms with Crippen molar-refractivity contribution in [2.24, 2.45) is 0 Å². The summed E-state index contributed by atoms with van der Waals surface area (Å²) in [5.74, 6) is 0.778. The number of nitrogens with one attached hydrogen (secondary N) is 1. The van der Waals surface area contributed by atoms with E-state index in [4.69, 9.17) is 17.0 Å². The Balaban J connectivity index is 2.45. The van der Waals surface area contributed by atoms with E-state index in [9.17, 15) is 0 Å². The molecule has 1 aromatic carbocycles. The molecule has 1 heterocycles. The summed E-state index contributed by atoms with van der Waals surface area (Å²) in [5.41, 5.74) is 1.95. The highest BCUT2D eigenvalue weighted by Gasteiger charge is 2.01. The molecular formula is C12H12N2OS. The Labute approximate surface area is 99.1 Å². The van der Waals surface area contributed by atoms with Crippen LogP contribution in [-0.2, 0) is 11.3 Å². The number of hydrogen-bond donors (Lipinski definition) is 1. The molecule has 0 fully saturated rings. The van der Waals surface area contributed by atoms with E-state index in [1.54, 1.807) is 7.11 Å². The number of H-pyrrole nitrogens is 1. The van der Waals surface area contributed by atoms with Gasteiger partial charge >= 0.3 is 0 Å². The molecule has 4 heteroatoms. The Morgan fingerprint density at radius 2 is 2.06 bits per heavy atom. The first-order valence-electron chi connectivity index (χ1n) is 4.94. The highest BCUT2D eigenvalue weighted by molar-refractivity contribution is 7.71. The molecule has 0 aliphatic heterocycles. The average Bonchev–Trinajstić information content (AvgIpc) is 2.30. The minimum absolute atomic E-state index is 0.506. The summed E-state index contributed by atoms with van der Waals surface area (Å²) in [6.07, 6.45) is 0. The lowest BCUT2D eigenvalue weighted by molar-refractivity contribution is 0.181. The van der Waals surface area contributed by atoms with Gasteiger partial charge in [0.15, 0.2) is 0 Å². The fraction of sp³-hybridized carbons (Fsp3) is 0.167. The van der Waals surface area contributed by atoms with E-state index in [0.717, 1.165) is 17.1 Å². The summed E-state index contributed by atoms with van der Waals surface area (Å²) in [6, 6.07) is 11.7. The molecular weight excluding hydrogens is 220 g/mol. The molecule has 3 nitrogen and oxygen atoms in total. The lowest BCUT2D eigenvalue weighted by Gasteiger charge is -2.04. The lowest BCUT2D eigenvalue weighted by Crippen LogP contribution is -1.97. The van der Waals surface area contributed by atoms with Crippen LogP contribution in [0.1, 0.15) is 5.69 Å². The van der Waals surface area contributed by atoms with Crippen LogP contribution in [0.15, 0.2) is 36.4 Å². The SMILES string of the molecule is COCc1cc(=S)nc(-c2ccccc2)[nH]1. The molecule has 2 rings (SSSR count). The second-order valence-electron chi connectivity index (χ2n) is 3.39. The monoisotopic (exact) mass is 232 g/mol. The fourth-order valence-electron chi connectivity index (χ4n) is 1.47. The third-order valence-corrected chi connectivity index (χ3v) is 2.35. The summed E-state index contributed by atoms with van der Waals surface area (Å²) < 4.78 is 5.64.